The number of pyridine rings is 1. The Kier molecular flexibility index (Phi) is 5.87. The Balaban J connectivity index is 1.14. The van der Waals surface area contributed by atoms with Gasteiger partial charge in [-0.1, -0.05) is 12.1 Å². The van der Waals surface area contributed by atoms with E-state index in [1.54, 1.807) is 6.20 Å². The molecule has 2 aliphatic heterocycles. The van der Waals surface area contributed by atoms with E-state index in [0.29, 0.717) is 13.1 Å². The van der Waals surface area contributed by atoms with Crippen molar-refractivity contribution in [1.82, 2.24) is 25.0 Å². The molecule has 4 heterocycles. The van der Waals surface area contributed by atoms with Crippen molar-refractivity contribution in [3.05, 3.63) is 59.5 Å². The predicted molar refractivity (Wildman–Crippen MR) is 124 cm³/mol. The van der Waals surface area contributed by atoms with Gasteiger partial charge in [0.1, 0.15) is 0 Å². The smallest absolute Gasteiger partial charge is 0.234 e. The van der Waals surface area contributed by atoms with Gasteiger partial charge >= 0.3 is 0 Å². The summed E-state index contributed by atoms with van der Waals surface area (Å²) < 4.78 is 12.6. The first-order valence-corrected chi connectivity index (χ1v) is 11.2. The molecule has 0 bridgehead atoms. The number of anilines is 1. The van der Waals surface area contributed by atoms with Crippen molar-refractivity contribution >= 4 is 11.6 Å². The molecule has 1 N–H and O–H groups in total. The van der Waals surface area contributed by atoms with Crippen molar-refractivity contribution in [2.75, 3.05) is 44.4 Å². The fourth-order valence-corrected chi connectivity index (χ4v) is 4.43. The zero-order chi connectivity index (χ0) is 22.8. The fraction of sp³-hybridized carbons (Fsp3) is 0.375. The number of aryl methyl sites for hydroxylation is 1. The average Bonchev–Trinajstić information content (AvgIpc) is 3.42. The van der Waals surface area contributed by atoms with Crippen molar-refractivity contribution in [2.45, 2.75) is 20.4 Å². The van der Waals surface area contributed by atoms with E-state index in [2.05, 4.69) is 27.0 Å². The van der Waals surface area contributed by atoms with E-state index in [0.717, 1.165) is 66.1 Å². The standard InChI is InChI=1S/C24H28N6O3/c1-17-24(18(2)30(27-17)22-5-3-4-8-25-22)29-11-9-28(10-12-29)15-23(31)26-14-19-6-7-20-21(13-19)33-16-32-20/h3-8,13H,9-12,14-16H2,1-2H3,(H,26,31). The van der Waals surface area contributed by atoms with E-state index in [-0.39, 0.29) is 12.7 Å². The first-order chi connectivity index (χ1) is 16.1. The number of rotatable bonds is 6. The van der Waals surface area contributed by atoms with Gasteiger partial charge in [-0.3, -0.25) is 9.69 Å². The van der Waals surface area contributed by atoms with Gasteiger partial charge in [-0.2, -0.15) is 5.10 Å². The minimum Gasteiger partial charge on any atom is -0.454 e. The molecule has 0 spiro atoms. The number of carbonyl (C=O) groups is 1. The van der Waals surface area contributed by atoms with E-state index in [1.807, 2.05) is 48.0 Å². The highest BCUT2D eigenvalue weighted by atomic mass is 16.7. The summed E-state index contributed by atoms with van der Waals surface area (Å²) in [5.41, 5.74) is 4.23. The van der Waals surface area contributed by atoms with Crippen molar-refractivity contribution in [3.8, 4) is 17.3 Å². The molecule has 0 radical (unpaired) electrons. The third kappa shape index (κ3) is 4.49. The van der Waals surface area contributed by atoms with Crippen LogP contribution in [-0.2, 0) is 11.3 Å². The number of hydrogen-bond donors (Lipinski definition) is 1. The van der Waals surface area contributed by atoms with Crippen molar-refractivity contribution in [1.29, 1.82) is 0 Å². The number of carbonyl (C=O) groups excluding carboxylic acids is 1. The molecule has 1 fully saturated rings. The van der Waals surface area contributed by atoms with Crippen LogP contribution in [0.4, 0.5) is 5.69 Å². The molecule has 172 valence electrons. The van der Waals surface area contributed by atoms with Gasteiger partial charge in [-0.25, -0.2) is 9.67 Å². The van der Waals surface area contributed by atoms with Crippen LogP contribution in [0.15, 0.2) is 42.6 Å². The lowest BCUT2D eigenvalue weighted by Crippen LogP contribution is -2.49. The van der Waals surface area contributed by atoms with Crippen LogP contribution in [0.25, 0.3) is 5.82 Å². The highest BCUT2D eigenvalue weighted by molar-refractivity contribution is 5.78. The number of aromatic nitrogens is 3. The maximum absolute atomic E-state index is 12.5. The van der Waals surface area contributed by atoms with Gasteiger partial charge in [-0.05, 0) is 43.7 Å². The zero-order valence-corrected chi connectivity index (χ0v) is 19.0. The Bertz CT molecular complexity index is 1140. The van der Waals surface area contributed by atoms with Crippen molar-refractivity contribution in [3.63, 3.8) is 0 Å². The summed E-state index contributed by atoms with van der Waals surface area (Å²) in [6.07, 6.45) is 1.78. The largest absolute Gasteiger partial charge is 0.454 e. The Morgan fingerprint density at radius 3 is 2.67 bits per heavy atom. The molecule has 1 aromatic carbocycles. The Morgan fingerprint density at radius 1 is 1.06 bits per heavy atom. The summed E-state index contributed by atoms with van der Waals surface area (Å²) >= 11 is 0. The minimum absolute atomic E-state index is 0.0245. The molecule has 1 amide bonds. The molecular formula is C24H28N6O3. The minimum atomic E-state index is 0.0245. The first-order valence-electron chi connectivity index (χ1n) is 11.2. The average molecular weight is 449 g/mol. The normalized spacial score (nSPS) is 15.6. The zero-order valence-electron chi connectivity index (χ0n) is 19.0. The highest BCUT2D eigenvalue weighted by Crippen LogP contribution is 2.32. The topological polar surface area (TPSA) is 84.8 Å². The molecule has 9 heteroatoms. The maximum atomic E-state index is 12.5. The summed E-state index contributed by atoms with van der Waals surface area (Å²) in [4.78, 5) is 21.5. The van der Waals surface area contributed by atoms with Crippen LogP contribution in [0, 0.1) is 13.8 Å². The van der Waals surface area contributed by atoms with Crippen LogP contribution >= 0.6 is 0 Å². The molecular weight excluding hydrogens is 420 g/mol. The highest BCUT2D eigenvalue weighted by Gasteiger charge is 2.24. The van der Waals surface area contributed by atoms with Crippen LogP contribution in [0.3, 0.4) is 0 Å². The van der Waals surface area contributed by atoms with Crippen molar-refractivity contribution < 1.29 is 14.3 Å². The molecule has 9 nitrogen and oxygen atoms in total. The number of hydrogen-bond acceptors (Lipinski definition) is 7. The second kappa shape index (κ2) is 9.11. The van der Waals surface area contributed by atoms with E-state index >= 15 is 0 Å². The van der Waals surface area contributed by atoms with Crippen LogP contribution in [0.2, 0.25) is 0 Å². The summed E-state index contributed by atoms with van der Waals surface area (Å²) in [6.45, 7) is 8.59. The molecule has 5 rings (SSSR count). The number of amides is 1. The fourth-order valence-electron chi connectivity index (χ4n) is 4.43. The number of nitrogens with zero attached hydrogens (tertiary/aromatic N) is 5. The van der Waals surface area contributed by atoms with Gasteiger partial charge in [-0.15, -0.1) is 0 Å². The van der Waals surface area contributed by atoms with E-state index in [4.69, 9.17) is 14.6 Å². The lowest BCUT2D eigenvalue weighted by Gasteiger charge is -2.35. The second-order valence-electron chi connectivity index (χ2n) is 8.35. The molecule has 0 aliphatic carbocycles. The Hall–Kier alpha value is -3.59. The molecule has 0 atom stereocenters. The summed E-state index contributed by atoms with van der Waals surface area (Å²) in [6, 6.07) is 11.6. The van der Waals surface area contributed by atoms with Crippen LogP contribution in [0.5, 0.6) is 11.5 Å². The molecule has 3 aromatic rings. The third-order valence-corrected chi connectivity index (χ3v) is 6.10. The number of fused-ring (bicyclic) bond motifs is 1. The number of ether oxygens (including phenoxy) is 2. The number of piperazine rings is 1. The van der Waals surface area contributed by atoms with Crippen LogP contribution in [-0.4, -0.2) is 65.1 Å². The van der Waals surface area contributed by atoms with Crippen LogP contribution in [0.1, 0.15) is 17.0 Å². The quantitative estimate of drug-likeness (QED) is 0.618. The lowest BCUT2D eigenvalue weighted by atomic mass is 10.2. The van der Waals surface area contributed by atoms with Gasteiger partial charge in [0.25, 0.3) is 0 Å². The van der Waals surface area contributed by atoms with Gasteiger partial charge in [0.15, 0.2) is 17.3 Å². The third-order valence-electron chi connectivity index (χ3n) is 6.10. The van der Waals surface area contributed by atoms with E-state index in [9.17, 15) is 4.79 Å². The summed E-state index contributed by atoms with van der Waals surface area (Å²) in [5, 5.41) is 7.73. The maximum Gasteiger partial charge on any atom is 0.234 e. The Labute approximate surface area is 192 Å². The first kappa shape index (κ1) is 21.3. The molecule has 0 saturated carbocycles. The molecule has 33 heavy (non-hydrogen) atoms. The lowest BCUT2D eigenvalue weighted by molar-refractivity contribution is -0.122. The van der Waals surface area contributed by atoms with Gasteiger partial charge in [0, 0.05) is 38.9 Å². The second-order valence-corrected chi connectivity index (χ2v) is 8.35. The van der Waals surface area contributed by atoms with Gasteiger partial charge in [0.05, 0.1) is 23.6 Å². The van der Waals surface area contributed by atoms with Crippen LogP contribution < -0.4 is 19.7 Å². The molecule has 2 aromatic heterocycles. The van der Waals surface area contributed by atoms with E-state index < -0.39 is 0 Å². The predicted octanol–water partition coefficient (Wildman–Crippen LogP) is 2.05. The van der Waals surface area contributed by atoms with Gasteiger partial charge in [0.2, 0.25) is 12.7 Å². The Morgan fingerprint density at radius 2 is 1.88 bits per heavy atom. The monoisotopic (exact) mass is 448 g/mol. The molecule has 0 unspecified atom stereocenters. The van der Waals surface area contributed by atoms with Crippen molar-refractivity contribution in [2.24, 2.45) is 0 Å². The molecule has 1 saturated heterocycles. The SMILES string of the molecule is Cc1nn(-c2ccccn2)c(C)c1N1CCN(CC(=O)NCc2ccc3c(c2)OCO3)CC1. The number of benzene rings is 1. The number of nitrogens with one attached hydrogen (secondary N) is 1. The summed E-state index contributed by atoms with van der Waals surface area (Å²) in [5.74, 6) is 2.33. The summed E-state index contributed by atoms with van der Waals surface area (Å²) in [7, 11) is 0. The molecule has 2 aliphatic rings. The van der Waals surface area contributed by atoms with Gasteiger partial charge < -0.3 is 19.7 Å². The van der Waals surface area contributed by atoms with E-state index in [1.165, 1.54) is 0 Å².